The van der Waals surface area contributed by atoms with Gasteiger partial charge in [0.2, 0.25) is 5.91 Å². The monoisotopic (exact) mass is 286 g/mol. The van der Waals surface area contributed by atoms with E-state index in [1.165, 1.54) is 6.42 Å². The summed E-state index contributed by atoms with van der Waals surface area (Å²) in [6, 6.07) is 3.83. The zero-order valence-electron chi connectivity index (χ0n) is 12.4. The molecule has 1 amide bonds. The molecule has 2 aromatic heterocycles. The highest BCUT2D eigenvalue weighted by Crippen LogP contribution is 2.16. The number of nitrogens with zero attached hydrogens (tertiary/aromatic N) is 2. The number of aromatic nitrogens is 2. The van der Waals surface area contributed by atoms with Crippen LogP contribution in [0.15, 0.2) is 24.5 Å². The fourth-order valence-electron chi connectivity index (χ4n) is 2.90. The molecule has 2 N–H and O–H groups in total. The van der Waals surface area contributed by atoms with Gasteiger partial charge in [-0.1, -0.05) is 0 Å². The minimum absolute atomic E-state index is 0.148. The number of fused-ring (bicyclic) bond motifs is 1. The molecule has 21 heavy (non-hydrogen) atoms. The summed E-state index contributed by atoms with van der Waals surface area (Å²) in [5, 5.41) is 4.45. The van der Waals surface area contributed by atoms with E-state index in [0.717, 1.165) is 42.5 Å². The van der Waals surface area contributed by atoms with Crippen LogP contribution >= 0.6 is 0 Å². The number of aromatic amines is 1. The van der Waals surface area contributed by atoms with Crippen molar-refractivity contribution in [3.8, 4) is 0 Å². The lowest BCUT2D eigenvalue weighted by Gasteiger charge is -2.29. The summed E-state index contributed by atoms with van der Waals surface area (Å²) >= 11 is 0. The van der Waals surface area contributed by atoms with E-state index >= 15 is 0 Å². The lowest BCUT2D eigenvalue weighted by atomic mass is 10.1. The molecule has 0 saturated carbocycles. The highest BCUT2D eigenvalue weighted by Gasteiger charge is 2.21. The first-order chi connectivity index (χ1) is 10.3. The van der Waals surface area contributed by atoms with E-state index in [-0.39, 0.29) is 11.9 Å². The number of rotatable bonds is 4. The summed E-state index contributed by atoms with van der Waals surface area (Å²) in [4.78, 5) is 21.8. The molecule has 3 rings (SSSR count). The number of carbonyl (C=O) groups is 1. The number of piperidine rings is 1. The van der Waals surface area contributed by atoms with Crippen molar-refractivity contribution in [3.63, 3.8) is 0 Å². The second kappa shape index (κ2) is 6.26. The molecule has 1 unspecified atom stereocenters. The van der Waals surface area contributed by atoms with Gasteiger partial charge >= 0.3 is 0 Å². The number of nitrogens with one attached hydrogen (secondary N) is 2. The third kappa shape index (κ3) is 3.08. The number of hydrogen-bond acceptors (Lipinski definition) is 3. The van der Waals surface area contributed by atoms with Gasteiger partial charge < -0.3 is 15.2 Å². The van der Waals surface area contributed by atoms with Crippen molar-refractivity contribution in [1.29, 1.82) is 0 Å². The number of likely N-dealkylation sites (tertiary alicyclic amines) is 1. The number of pyridine rings is 1. The Balaban J connectivity index is 1.60. The molecule has 0 radical (unpaired) electrons. The van der Waals surface area contributed by atoms with Crippen LogP contribution in [0, 0.1) is 0 Å². The van der Waals surface area contributed by atoms with Gasteiger partial charge in [0.05, 0.1) is 6.04 Å². The van der Waals surface area contributed by atoms with E-state index in [2.05, 4.69) is 15.3 Å². The average molecular weight is 286 g/mol. The van der Waals surface area contributed by atoms with Crippen molar-refractivity contribution in [2.45, 2.75) is 38.8 Å². The van der Waals surface area contributed by atoms with Crippen molar-refractivity contribution >= 4 is 16.9 Å². The first-order valence-corrected chi connectivity index (χ1v) is 7.69. The van der Waals surface area contributed by atoms with E-state index in [1.807, 2.05) is 30.2 Å². The van der Waals surface area contributed by atoms with E-state index in [4.69, 9.17) is 0 Å². The van der Waals surface area contributed by atoms with Gasteiger partial charge in [0.1, 0.15) is 5.65 Å². The number of hydrogen-bond donors (Lipinski definition) is 2. The topological polar surface area (TPSA) is 61.0 Å². The summed E-state index contributed by atoms with van der Waals surface area (Å²) in [5.41, 5.74) is 2.04. The number of H-pyrrole nitrogens is 1. The highest BCUT2D eigenvalue weighted by atomic mass is 16.2. The molecule has 1 saturated heterocycles. The predicted molar refractivity (Wildman–Crippen MR) is 82.8 cm³/mol. The SMILES string of the molecule is CC(NCc1c[nH]c2ncccc12)C(=O)N1CCCCC1. The van der Waals surface area contributed by atoms with Crippen LogP contribution in [-0.2, 0) is 11.3 Å². The Kier molecular flexibility index (Phi) is 4.20. The standard InChI is InChI=1S/C16H22N4O/c1-12(16(21)20-8-3-2-4-9-20)18-10-13-11-19-15-14(13)6-5-7-17-15/h5-7,11-12,18H,2-4,8-10H2,1H3,(H,17,19). The maximum absolute atomic E-state index is 12.4. The van der Waals surface area contributed by atoms with Gasteiger partial charge in [-0.05, 0) is 43.9 Å². The molecule has 5 nitrogen and oxygen atoms in total. The van der Waals surface area contributed by atoms with Gasteiger partial charge in [0.15, 0.2) is 0 Å². The van der Waals surface area contributed by atoms with Gasteiger partial charge in [-0.15, -0.1) is 0 Å². The minimum Gasteiger partial charge on any atom is -0.346 e. The van der Waals surface area contributed by atoms with Crippen LogP contribution in [0.1, 0.15) is 31.7 Å². The summed E-state index contributed by atoms with van der Waals surface area (Å²) < 4.78 is 0. The fraction of sp³-hybridized carbons (Fsp3) is 0.500. The molecule has 5 heteroatoms. The molecule has 0 bridgehead atoms. The lowest BCUT2D eigenvalue weighted by molar-refractivity contribution is -0.133. The zero-order chi connectivity index (χ0) is 14.7. The second-order valence-corrected chi connectivity index (χ2v) is 5.70. The molecule has 0 aliphatic carbocycles. The van der Waals surface area contributed by atoms with Crippen molar-refractivity contribution in [1.82, 2.24) is 20.2 Å². The van der Waals surface area contributed by atoms with Crippen LogP contribution in [0.4, 0.5) is 0 Å². The van der Waals surface area contributed by atoms with Crippen LogP contribution in [0.5, 0.6) is 0 Å². The van der Waals surface area contributed by atoms with Gasteiger partial charge in [-0.3, -0.25) is 4.79 Å². The average Bonchev–Trinajstić information content (AvgIpc) is 2.96. The summed E-state index contributed by atoms with van der Waals surface area (Å²) in [5.74, 6) is 0.215. The quantitative estimate of drug-likeness (QED) is 0.904. The van der Waals surface area contributed by atoms with Crippen LogP contribution in [0.25, 0.3) is 11.0 Å². The molecule has 1 aliphatic heterocycles. The largest absolute Gasteiger partial charge is 0.346 e. The van der Waals surface area contributed by atoms with Gasteiger partial charge in [-0.2, -0.15) is 0 Å². The summed E-state index contributed by atoms with van der Waals surface area (Å²) in [6.45, 7) is 4.43. The molecular formula is C16H22N4O. The number of carbonyl (C=O) groups excluding carboxylic acids is 1. The molecule has 112 valence electrons. The van der Waals surface area contributed by atoms with Crippen molar-refractivity contribution < 1.29 is 4.79 Å². The molecule has 1 fully saturated rings. The smallest absolute Gasteiger partial charge is 0.239 e. The lowest BCUT2D eigenvalue weighted by Crippen LogP contribution is -2.46. The number of amides is 1. The molecule has 2 aromatic rings. The third-order valence-electron chi connectivity index (χ3n) is 4.17. The van der Waals surface area contributed by atoms with Crippen LogP contribution in [0.2, 0.25) is 0 Å². The van der Waals surface area contributed by atoms with Crippen molar-refractivity contribution in [2.24, 2.45) is 0 Å². The van der Waals surface area contributed by atoms with Crippen LogP contribution < -0.4 is 5.32 Å². The van der Waals surface area contributed by atoms with Gasteiger partial charge in [0.25, 0.3) is 0 Å². The normalized spacial score (nSPS) is 17.1. The highest BCUT2D eigenvalue weighted by molar-refractivity contribution is 5.82. The van der Waals surface area contributed by atoms with E-state index in [0.29, 0.717) is 6.54 Å². The Hall–Kier alpha value is -1.88. The fourth-order valence-corrected chi connectivity index (χ4v) is 2.90. The molecule has 3 heterocycles. The predicted octanol–water partition coefficient (Wildman–Crippen LogP) is 2.05. The maximum Gasteiger partial charge on any atom is 0.239 e. The molecule has 1 atom stereocenters. The zero-order valence-corrected chi connectivity index (χ0v) is 12.4. The van der Waals surface area contributed by atoms with Crippen LogP contribution in [0.3, 0.4) is 0 Å². The molecular weight excluding hydrogens is 264 g/mol. The Morgan fingerprint density at radius 1 is 1.43 bits per heavy atom. The summed E-state index contributed by atoms with van der Waals surface area (Å²) in [6.07, 6.45) is 7.24. The van der Waals surface area contributed by atoms with Gasteiger partial charge in [0, 0.05) is 37.4 Å². The van der Waals surface area contributed by atoms with Crippen molar-refractivity contribution in [3.05, 3.63) is 30.1 Å². The molecule has 0 spiro atoms. The van der Waals surface area contributed by atoms with E-state index in [1.54, 1.807) is 6.20 Å². The Morgan fingerprint density at radius 2 is 2.24 bits per heavy atom. The third-order valence-corrected chi connectivity index (χ3v) is 4.17. The molecule has 0 aromatic carbocycles. The van der Waals surface area contributed by atoms with Crippen LogP contribution in [-0.4, -0.2) is 39.9 Å². The summed E-state index contributed by atoms with van der Waals surface area (Å²) in [7, 11) is 0. The minimum atomic E-state index is -0.148. The first-order valence-electron chi connectivity index (χ1n) is 7.69. The van der Waals surface area contributed by atoms with Crippen molar-refractivity contribution in [2.75, 3.05) is 13.1 Å². The second-order valence-electron chi connectivity index (χ2n) is 5.70. The van der Waals surface area contributed by atoms with Gasteiger partial charge in [-0.25, -0.2) is 4.98 Å². The van der Waals surface area contributed by atoms with E-state index < -0.39 is 0 Å². The Morgan fingerprint density at radius 3 is 3.05 bits per heavy atom. The maximum atomic E-state index is 12.4. The Labute approximate surface area is 124 Å². The first kappa shape index (κ1) is 14.1. The Bertz CT molecular complexity index is 616. The van der Waals surface area contributed by atoms with E-state index in [9.17, 15) is 4.79 Å². The molecule has 1 aliphatic rings.